The van der Waals surface area contributed by atoms with E-state index in [2.05, 4.69) is 13.8 Å². The Morgan fingerprint density at radius 2 is 1.79 bits per heavy atom. The van der Waals surface area contributed by atoms with Crippen LogP contribution in [0.1, 0.15) is 49.0 Å². The zero-order chi connectivity index (χ0) is 19.2. The summed E-state index contributed by atoms with van der Waals surface area (Å²) in [7, 11) is 0. The van der Waals surface area contributed by atoms with E-state index in [1.165, 1.54) is 0 Å². The molecule has 0 aromatic heterocycles. The molecule has 0 spiro atoms. The molecule has 1 amide bonds. The Bertz CT molecular complexity index is 810. The third-order valence-electron chi connectivity index (χ3n) is 4.65. The molecule has 0 unspecified atom stereocenters. The first-order valence-corrected chi connectivity index (χ1v) is 9.74. The van der Waals surface area contributed by atoms with Gasteiger partial charge in [0.25, 0.3) is 5.91 Å². The third kappa shape index (κ3) is 4.71. The molecule has 2 N–H and O–H groups in total. The first kappa shape index (κ1) is 21.9. The minimum Gasteiger partial charge on any atom is -0.490 e. The van der Waals surface area contributed by atoms with Gasteiger partial charge in [0.05, 0.1) is 13.2 Å². The van der Waals surface area contributed by atoms with Gasteiger partial charge in [-0.25, -0.2) is 0 Å². The number of nitrogens with zero attached hydrogens (tertiary/aromatic N) is 1. The number of amides is 1. The van der Waals surface area contributed by atoms with E-state index in [4.69, 9.17) is 15.2 Å². The monoisotopic (exact) mass is 404 g/mol. The number of rotatable bonds is 7. The average Bonchev–Trinajstić information content (AvgIpc) is 2.70. The van der Waals surface area contributed by atoms with E-state index in [0.717, 1.165) is 42.6 Å². The Kier molecular flexibility index (Phi) is 8.00. The fourth-order valence-electron chi connectivity index (χ4n) is 3.32. The van der Waals surface area contributed by atoms with Gasteiger partial charge in [-0.1, -0.05) is 19.9 Å². The molecule has 0 fully saturated rings. The predicted octanol–water partition coefficient (Wildman–Crippen LogP) is 4.86. The molecule has 152 valence electrons. The van der Waals surface area contributed by atoms with Crippen LogP contribution in [-0.4, -0.2) is 25.7 Å². The largest absolute Gasteiger partial charge is 0.490 e. The molecule has 1 heterocycles. The molecule has 0 saturated heterocycles. The molecule has 1 aliphatic heterocycles. The lowest BCUT2D eigenvalue weighted by molar-refractivity contribution is 0.0984. The second-order valence-electron chi connectivity index (χ2n) is 6.76. The Hall–Kier alpha value is -2.40. The lowest BCUT2D eigenvalue weighted by atomic mass is 9.99. The Balaban J connectivity index is 0.00000280. The van der Waals surface area contributed by atoms with Crippen LogP contribution in [0.3, 0.4) is 0 Å². The summed E-state index contributed by atoms with van der Waals surface area (Å²) in [6.45, 7) is 6.01. The second kappa shape index (κ2) is 10.2. The van der Waals surface area contributed by atoms with E-state index in [-0.39, 0.29) is 18.3 Å². The lowest BCUT2D eigenvalue weighted by Gasteiger charge is -2.30. The number of hydrogen-bond acceptors (Lipinski definition) is 4. The number of halogens is 1. The Labute approximate surface area is 173 Å². The zero-order valence-electron chi connectivity index (χ0n) is 16.6. The van der Waals surface area contributed by atoms with Crippen LogP contribution in [0.5, 0.6) is 11.5 Å². The number of hydrogen-bond donors (Lipinski definition) is 1. The molecule has 28 heavy (non-hydrogen) atoms. The van der Waals surface area contributed by atoms with Gasteiger partial charge in [0.1, 0.15) is 0 Å². The van der Waals surface area contributed by atoms with Crippen molar-refractivity contribution < 1.29 is 14.3 Å². The van der Waals surface area contributed by atoms with Gasteiger partial charge in [0.2, 0.25) is 0 Å². The highest BCUT2D eigenvalue weighted by Gasteiger charge is 2.25. The van der Waals surface area contributed by atoms with Crippen LogP contribution in [0, 0.1) is 0 Å². The molecular weight excluding hydrogens is 376 g/mol. The molecule has 3 rings (SSSR count). The molecule has 0 aliphatic carbocycles. The van der Waals surface area contributed by atoms with Gasteiger partial charge in [0, 0.05) is 23.5 Å². The molecule has 2 aromatic rings. The molecule has 1 aliphatic rings. The average molecular weight is 405 g/mol. The summed E-state index contributed by atoms with van der Waals surface area (Å²) in [5.74, 6) is 1.27. The van der Waals surface area contributed by atoms with Gasteiger partial charge in [-0.2, -0.15) is 0 Å². The second-order valence-corrected chi connectivity index (χ2v) is 6.76. The summed E-state index contributed by atoms with van der Waals surface area (Å²) in [6.07, 6.45) is 3.62. The van der Waals surface area contributed by atoms with Crippen molar-refractivity contribution in [1.82, 2.24) is 0 Å². The van der Waals surface area contributed by atoms with Crippen LogP contribution in [0.25, 0.3) is 0 Å². The SMILES string of the molecule is CCCOc1ccc(C(=O)N2CCCc3c(N)cccc32)cc1OCCC.Cl. The number of anilines is 2. The first-order valence-electron chi connectivity index (χ1n) is 9.74. The number of carbonyl (C=O) groups is 1. The van der Waals surface area contributed by atoms with E-state index in [1.54, 1.807) is 6.07 Å². The van der Waals surface area contributed by atoms with Gasteiger partial charge >= 0.3 is 0 Å². The van der Waals surface area contributed by atoms with Gasteiger partial charge in [-0.05, 0) is 61.6 Å². The van der Waals surface area contributed by atoms with Crippen molar-refractivity contribution in [1.29, 1.82) is 0 Å². The van der Waals surface area contributed by atoms with Crippen LogP contribution in [0.4, 0.5) is 11.4 Å². The smallest absolute Gasteiger partial charge is 0.258 e. The molecule has 6 heteroatoms. The topological polar surface area (TPSA) is 64.8 Å². The minimum absolute atomic E-state index is 0. The number of nitrogens with two attached hydrogens (primary N) is 1. The summed E-state index contributed by atoms with van der Waals surface area (Å²) in [4.78, 5) is 15.0. The molecule has 0 radical (unpaired) electrons. The van der Waals surface area contributed by atoms with Crippen molar-refractivity contribution >= 4 is 29.7 Å². The fourth-order valence-corrected chi connectivity index (χ4v) is 3.32. The number of benzene rings is 2. The quantitative estimate of drug-likeness (QED) is 0.669. The van der Waals surface area contributed by atoms with Crippen molar-refractivity contribution in [3.8, 4) is 11.5 Å². The molecular formula is C22H29ClN2O3. The number of carbonyl (C=O) groups excluding carboxylic acids is 1. The molecule has 5 nitrogen and oxygen atoms in total. The van der Waals surface area contributed by atoms with E-state index in [9.17, 15) is 4.79 Å². The van der Waals surface area contributed by atoms with Gasteiger partial charge in [-0.3, -0.25) is 4.79 Å². The summed E-state index contributed by atoms with van der Waals surface area (Å²) in [5, 5.41) is 0. The summed E-state index contributed by atoms with van der Waals surface area (Å²) >= 11 is 0. The third-order valence-corrected chi connectivity index (χ3v) is 4.65. The van der Waals surface area contributed by atoms with Gasteiger partial charge in [0.15, 0.2) is 11.5 Å². The van der Waals surface area contributed by atoms with Crippen molar-refractivity contribution in [2.45, 2.75) is 39.5 Å². The molecule has 0 atom stereocenters. The standard InChI is InChI=1S/C22H28N2O3.ClH/c1-3-13-26-20-11-10-16(15-21(20)27-14-4-2)22(25)24-12-6-7-17-18(23)8-5-9-19(17)24;/h5,8-11,15H,3-4,6-7,12-14,23H2,1-2H3;1H. The molecule has 0 saturated carbocycles. The maximum absolute atomic E-state index is 13.2. The fraction of sp³-hybridized carbons (Fsp3) is 0.409. The maximum atomic E-state index is 13.2. The highest BCUT2D eigenvalue weighted by Crippen LogP contribution is 2.34. The highest BCUT2D eigenvalue weighted by atomic mass is 35.5. The normalized spacial score (nSPS) is 12.7. The van der Waals surface area contributed by atoms with Gasteiger partial charge in [-0.15, -0.1) is 12.4 Å². The van der Waals surface area contributed by atoms with Crippen molar-refractivity contribution in [3.63, 3.8) is 0 Å². The maximum Gasteiger partial charge on any atom is 0.258 e. The van der Waals surface area contributed by atoms with E-state index in [0.29, 0.717) is 36.8 Å². The van der Waals surface area contributed by atoms with E-state index < -0.39 is 0 Å². The van der Waals surface area contributed by atoms with Crippen LogP contribution in [0.15, 0.2) is 36.4 Å². The van der Waals surface area contributed by atoms with Gasteiger partial charge < -0.3 is 20.1 Å². The highest BCUT2D eigenvalue weighted by molar-refractivity contribution is 6.07. The van der Waals surface area contributed by atoms with Crippen LogP contribution in [0.2, 0.25) is 0 Å². The number of ether oxygens (including phenoxy) is 2. The van der Waals surface area contributed by atoms with E-state index >= 15 is 0 Å². The lowest BCUT2D eigenvalue weighted by Crippen LogP contribution is -2.35. The predicted molar refractivity (Wildman–Crippen MR) is 116 cm³/mol. The van der Waals surface area contributed by atoms with Crippen molar-refractivity contribution in [2.75, 3.05) is 30.4 Å². The minimum atomic E-state index is -0.0371. The summed E-state index contributed by atoms with van der Waals surface area (Å²) in [5.41, 5.74) is 9.43. The molecule has 0 bridgehead atoms. The molecule has 2 aromatic carbocycles. The zero-order valence-corrected chi connectivity index (χ0v) is 17.4. The first-order chi connectivity index (χ1) is 13.2. The van der Waals surface area contributed by atoms with Crippen LogP contribution in [-0.2, 0) is 6.42 Å². The Morgan fingerprint density at radius 1 is 1.07 bits per heavy atom. The van der Waals surface area contributed by atoms with Crippen molar-refractivity contribution in [3.05, 3.63) is 47.5 Å². The van der Waals surface area contributed by atoms with Crippen LogP contribution < -0.4 is 20.1 Å². The number of fused-ring (bicyclic) bond motifs is 1. The van der Waals surface area contributed by atoms with Crippen molar-refractivity contribution in [2.24, 2.45) is 0 Å². The Morgan fingerprint density at radius 3 is 2.50 bits per heavy atom. The van der Waals surface area contributed by atoms with E-state index in [1.807, 2.05) is 35.2 Å². The summed E-state index contributed by atoms with van der Waals surface area (Å²) in [6, 6.07) is 11.2. The number of nitrogen functional groups attached to an aromatic ring is 1. The summed E-state index contributed by atoms with van der Waals surface area (Å²) < 4.78 is 11.6. The van der Waals surface area contributed by atoms with Crippen LogP contribution >= 0.6 is 12.4 Å².